The predicted molar refractivity (Wildman–Crippen MR) is 88.2 cm³/mol. The Kier molecular flexibility index (Phi) is 4.62. The predicted octanol–water partition coefficient (Wildman–Crippen LogP) is 3.73. The van der Waals surface area contributed by atoms with Crippen molar-refractivity contribution in [1.29, 1.82) is 0 Å². The van der Waals surface area contributed by atoms with Crippen molar-refractivity contribution in [2.75, 3.05) is 0 Å². The Balaban J connectivity index is 1.64. The van der Waals surface area contributed by atoms with Crippen LogP contribution in [0.5, 0.6) is 0 Å². The summed E-state index contributed by atoms with van der Waals surface area (Å²) >= 11 is 5.95. The fourth-order valence-corrected chi connectivity index (χ4v) is 3.85. The minimum Gasteiger partial charge on any atom is -0.481 e. The van der Waals surface area contributed by atoms with Gasteiger partial charge in [-0.2, -0.15) is 0 Å². The number of carboxylic acids is 1. The number of carboxylic acid groups (broad SMARTS) is 1. The van der Waals surface area contributed by atoms with Gasteiger partial charge in [0.15, 0.2) is 0 Å². The van der Waals surface area contributed by atoms with Crippen molar-refractivity contribution >= 4 is 23.5 Å². The Bertz CT molecular complexity index is 587. The zero-order chi connectivity index (χ0) is 16.4. The molecule has 2 aliphatic carbocycles. The van der Waals surface area contributed by atoms with Crippen LogP contribution in [-0.4, -0.2) is 17.0 Å². The Labute approximate surface area is 141 Å². The third-order valence-corrected chi connectivity index (χ3v) is 5.67. The van der Waals surface area contributed by atoms with E-state index in [1.165, 1.54) is 0 Å². The minimum absolute atomic E-state index is 0.0598. The summed E-state index contributed by atoms with van der Waals surface area (Å²) in [6.45, 7) is 0. The maximum atomic E-state index is 12.6. The highest BCUT2D eigenvalue weighted by molar-refractivity contribution is 6.30. The second-order valence-corrected chi connectivity index (χ2v) is 7.26. The molecular weight excluding hydrogens is 314 g/mol. The molecule has 1 aromatic rings. The lowest BCUT2D eigenvalue weighted by atomic mass is 9.71. The second-order valence-electron chi connectivity index (χ2n) is 6.82. The van der Waals surface area contributed by atoms with E-state index < -0.39 is 5.97 Å². The van der Waals surface area contributed by atoms with Gasteiger partial charge in [-0.25, -0.2) is 0 Å². The number of rotatable bonds is 4. The highest BCUT2D eigenvalue weighted by atomic mass is 35.5. The van der Waals surface area contributed by atoms with Crippen molar-refractivity contribution in [2.45, 2.75) is 50.5 Å². The fourth-order valence-electron chi connectivity index (χ4n) is 3.73. The van der Waals surface area contributed by atoms with Crippen LogP contribution in [0.2, 0.25) is 5.02 Å². The van der Waals surface area contributed by atoms with Crippen LogP contribution in [0.1, 0.15) is 50.5 Å². The number of hydrogen-bond donors (Lipinski definition) is 2. The van der Waals surface area contributed by atoms with E-state index in [-0.39, 0.29) is 23.3 Å². The zero-order valence-electron chi connectivity index (χ0n) is 13.1. The van der Waals surface area contributed by atoms with Crippen molar-refractivity contribution in [3.05, 3.63) is 34.9 Å². The van der Waals surface area contributed by atoms with Gasteiger partial charge in [-0.3, -0.25) is 9.59 Å². The number of nitrogens with one attached hydrogen (secondary N) is 1. The molecule has 0 bridgehead atoms. The van der Waals surface area contributed by atoms with Crippen molar-refractivity contribution in [1.82, 2.24) is 5.32 Å². The molecule has 2 fully saturated rings. The van der Waals surface area contributed by atoms with Crippen LogP contribution in [0.15, 0.2) is 24.3 Å². The lowest BCUT2D eigenvalue weighted by Gasteiger charge is -2.44. The molecule has 1 amide bonds. The number of carbonyl (C=O) groups excluding carboxylic acids is 1. The maximum Gasteiger partial charge on any atom is 0.306 e. The van der Waals surface area contributed by atoms with E-state index in [1.807, 2.05) is 24.3 Å². The molecule has 23 heavy (non-hydrogen) atoms. The number of aliphatic carboxylic acids is 1. The molecule has 0 radical (unpaired) electrons. The molecular formula is C18H22ClNO3. The SMILES string of the molecule is O=C(O)C1CCC(C(=O)NC2(c3ccc(Cl)cc3)CCC2)CC1. The molecule has 0 atom stereocenters. The Hall–Kier alpha value is -1.55. The first-order valence-electron chi connectivity index (χ1n) is 8.31. The maximum absolute atomic E-state index is 12.6. The van der Waals surface area contributed by atoms with Crippen LogP contribution in [0.3, 0.4) is 0 Å². The molecule has 2 aliphatic rings. The Morgan fingerprint density at radius 2 is 1.61 bits per heavy atom. The standard InChI is InChI=1S/C18H22ClNO3/c19-15-8-6-14(7-9-15)18(10-1-11-18)20-16(21)12-2-4-13(5-3-12)17(22)23/h6-9,12-13H,1-5,10-11H2,(H,20,21)(H,22,23). The van der Waals surface area contributed by atoms with Crippen LogP contribution < -0.4 is 5.32 Å². The average molecular weight is 336 g/mol. The van der Waals surface area contributed by atoms with E-state index in [2.05, 4.69) is 5.32 Å². The van der Waals surface area contributed by atoms with Crippen LogP contribution in [-0.2, 0) is 15.1 Å². The molecule has 0 aromatic heterocycles. The average Bonchev–Trinajstić information content (AvgIpc) is 2.52. The van der Waals surface area contributed by atoms with E-state index in [9.17, 15) is 9.59 Å². The third-order valence-electron chi connectivity index (χ3n) is 5.41. The molecule has 0 saturated heterocycles. The summed E-state index contributed by atoms with van der Waals surface area (Å²) in [5.41, 5.74) is 0.853. The molecule has 2 saturated carbocycles. The van der Waals surface area contributed by atoms with Crippen LogP contribution in [0.25, 0.3) is 0 Å². The van der Waals surface area contributed by atoms with E-state index in [0.29, 0.717) is 30.7 Å². The van der Waals surface area contributed by atoms with Gasteiger partial charge in [0.2, 0.25) is 5.91 Å². The Morgan fingerprint density at radius 1 is 1.04 bits per heavy atom. The second kappa shape index (κ2) is 6.52. The number of benzene rings is 1. The van der Waals surface area contributed by atoms with Gasteiger partial charge in [-0.15, -0.1) is 0 Å². The van der Waals surface area contributed by atoms with Crippen molar-refractivity contribution in [2.24, 2.45) is 11.8 Å². The molecule has 0 spiro atoms. The topological polar surface area (TPSA) is 66.4 Å². The summed E-state index contributed by atoms with van der Waals surface area (Å²) in [6, 6.07) is 7.70. The van der Waals surface area contributed by atoms with E-state index in [0.717, 1.165) is 24.8 Å². The number of carbonyl (C=O) groups is 2. The number of halogens is 1. The van der Waals surface area contributed by atoms with E-state index in [4.69, 9.17) is 16.7 Å². The van der Waals surface area contributed by atoms with Gasteiger partial charge >= 0.3 is 5.97 Å². The van der Waals surface area contributed by atoms with E-state index >= 15 is 0 Å². The molecule has 0 heterocycles. The van der Waals surface area contributed by atoms with Crippen molar-refractivity contribution in [3.8, 4) is 0 Å². The quantitative estimate of drug-likeness (QED) is 0.881. The molecule has 3 rings (SSSR count). The van der Waals surface area contributed by atoms with Crippen LogP contribution in [0, 0.1) is 11.8 Å². The monoisotopic (exact) mass is 335 g/mol. The highest BCUT2D eigenvalue weighted by Gasteiger charge is 2.41. The molecule has 0 unspecified atom stereocenters. The van der Waals surface area contributed by atoms with Gasteiger partial charge in [-0.1, -0.05) is 23.7 Å². The zero-order valence-corrected chi connectivity index (χ0v) is 13.8. The largest absolute Gasteiger partial charge is 0.481 e. The first-order chi connectivity index (χ1) is 11.0. The highest BCUT2D eigenvalue weighted by Crippen LogP contribution is 2.42. The fraction of sp³-hybridized carbons (Fsp3) is 0.556. The van der Waals surface area contributed by atoms with Gasteiger partial charge in [0, 0.05) is 10.9 Å². The summed E-state index contributed by atoms with van der Waals surface area (Å²) in [6.07, 6.45) is 5.53. The molecule has 124 valence electrons. The molecule has 4 nitrogen and oxygen atoms in total. The molecule has 0 aliphatic heterocycles. The summed E-state index contributed by atoms with van der Waals surface area (Å²) in [4.78, 5) is 23.7. The molecule has 1 aromatic carbocycles. The van der Waals surface area contributed by atoms with Crippen molar-refractivity contribution < 1.29 is 14.7 Å². The molecule has 5 heteroatoms. The van der Waals surface area contributed by atoms with Gasteiger partial charge in [0.1, 0.15) is 0 Å². The first-order valence-corrected chi connectivity index (χ1v) is 8.69. The van der Waals surface area contributed by atoms with Gasteiger partial charge < -0.3 is 10.4 Å². The van der Waals surface area contributed by atoms with Gasteiger partial charge in [-0.05, 0) is 62.6 Å². The lowest BCUT2D eigenvalue weighted by molar-refractivity contribution is -0.144. The number of amides is 1. The van der Waals surface area contributed by atoms with Gasteiger partial charge in [0.25, 0.3) is 0 Å². The lowest BCUT2D eigenvalue weighted by Crippen LogP contribution is -2.52. The molecule has 2 N–H and O–H groups in total. The number of hydrogen-bond acceptors (Lipinski definition) is 2. The third kappa shape index (κ3) is 3.37. The normalized spacial score (nSPS) is 26.1. The summed E-state index contributed by atoms with van der Waals surface area (Å²) in [5, 5.41) is 13.0. The summed E-state index contributed by atoms with van der Waals surface area (Å²) < 4.78 is 0. The van der Waals surface area contributed by atoms with Crippen LogP contribution in [0.4, 0.5) is 0 Å². The van der Waals surface area contributed by atoms with Crippen LogP contribution >= 0.6 is 11.6 Å². The Morgan fingerprint density at radius 3 is 2.09 bits per heavy atom. The first kappa shape index (κ1) is 16.3. The van der Waals surface area contributed by atoms with E-state index in [1.54, 1.807) is 0 Å². The minimum atomic E-state index is -0.736. The van der Waals surface area contributed by atoms with Gasteiger partial charge in [0.05, 0.1) is 11.5 Å². The van der Waals surface area contributed by atoms with Crippen molar-refractivity contribution in [3.63, 3.8) is 0 Å². The smallest absolute Gasteiger partial charge is 0.306 e. The summed E-state index contributed by atoms with van der Waals surface area (Å²) in [5.74, 6) is -1.01. The summed E-state index contributed by atoms with van der Waals surface area (Å²) in [7, 11) is 0.